The van der Waals surface area contributed by atoms with Crippen LogP contribution in [-0.2, 0) is 4.79 Å². The summed E-state index contributed by atoms with van der Waals surface area (Å²) >= 11 is 0. The first-order valence-electron chi connectivity index (χ1n) is 7.57. The van der Waals surface area contributed by atoms with Crippen molar-refractivity contribution in [3.8, 4) is 5.75 Å². The van der Waals surface area contributed by atoms with Crippen LogP contribution in [-0.4, -0.2) is 46.9 Å². The second-order valence-corrected chi connectivity index (χ2v) is 5.97. The van der Waals surface area contributed by atoms with Crippen LogP contribution in [0.4, 0.5) is 17.6 Å². The zero-order chi connectivity index (χ0) is 18.8. The lowest BCUT2D eigenvalue weighted by Crippen LogP contribution is -2.52. The molecule has 1 aliphatic heterocycles. The Morgan fingerprint density at radius 1 is 1.28 bits per heavy atom. The first kappa shape index (κ1) is 19.2. The van der Waals surface area contributed by atoms with E-state index < -0.39 is 43.2 Å². The van der Waals surface area contributed by atoms with Crippen LogP contribution < -0.4 is 4.74 Å². The lowest BCUT2D eigenvalue weighted by molar-refractivity contribution is -0.193. The van der Waals surface area contributed by atoms with Crippen molar-refractivity contribution in [2.75, 3.05) is 6.61 Å². The first-order chi connectivity index (χ1) is 11.6. The summed E-state index contributed by atoms with van der Waals surface area (Å²) in [5.74, 6) is -0.551. The van der Waals surface area contributed by atoms with Crippen LogP contribution in [0.25, 0.3) is 0 Å². The van der Waals surface area contributed by atoms with Gasteiger partial charge in [-0.15, -0.1) is 0 Å². The molecule has 1 aromatic rings. The summed E-state index contributed by atoms with van der Waals surface area (Å²) in [6.07, 6.45) is -7.72. The van der Waals surface area contributed by atoms with Crippen LogP contribution in [0.2, 0.25) is 0 Å². The van der Waals surface area contributed by atoms with Gasteiger partial charge in [-0.2, -0.15) is 10.1 Å². The number of benzene rings is 1. The Hall–Kier alpha value is -2.16. The molecular weight excluding hydrogens is 344 g/mol. The van der Waals surface area contributed by atoms with Crippen LogP contribution in [0.15, 0.2) is 29.4 Å². The standard InChI is InChI=1S/C16H18F4N2O3/c1-9(2)10-3-5-11(6-4-10)25-8-13(23)22-16(24,15(19)20)7-12(21-22)14(17)18/h3-6,9,14-15,24H,7-8H2,1-2H3. The highest BCUT2D eigenvalue weighted by Gasteiger charge is 2.53. The Morgan fingerprint density at radius 3 is 2.36 bits per heavy atom. The molecule has 0 fully saturated rings. The average molecular weight is 362 g/mol. The Kier molecular flexibility index (Phi) is 5.66. The van der Waals surface area contributed by atoms with Crippen LogP contribution >= 0.6 is 0 Å². The van der Waals surface area contributed by atoms with Gasteiger partial charge in [0.1, 0.15) is 11.5 Å². The SMILES string of the molecule is CC(C)c1ccc(OCC(=O)N2N=C(C(F)F)CC2(O)C(F)F)cc1. The van der Waals surface area contributed by atoms with Gasteiger partial charge in [-0.3, -0.25) is 4.79 Å². The van der Waals surface area contributed by atoms with Crippen molar-refractivity contribution in [2.24, 2.45) is 5.10 Å². The largest absolute Gasteiger partial charge is 0.484 e. The van der Waals surface area contributed by atoms with Gasteiger partial charge in [0.05, 0.1) is 0 Å². The van der Waals surface area contributed by atoms with Gasteiger partial charge in [0.2, 0.25) is 5.72 Å². The molecule has 9 heteroatoms. The summed E-state index contributed by atoms with van der Waals surface area (Å²) in [6, 6.07) is 6.76. The van der Waals surface area contributed by atoms with Crippen molar-refractivity contribution in [2.45, 2.75) is 44.8 Å². The molecule has 138 valence electrons. The average Bonchev–Trinajstić information content (AvgIpc) is 2.92. The monoisotopic (exact) mass is 362 g/mol. The number of rotatable bonds is 6. The van der Waals surface area contributed by atoms with E-state index in [0.717, 1.165) is 5.56 Å². The zero-order valence-corrected chi connectivity index (χ0v) is 13.6. The number of hydrogen-bond donors (Lipinski definition) is 1. The number of aliphatic hydroxyl groups is 1. The maximum Gasteiger partial charge on any atom is 0.287 e. The van der Waals surface area contributed by atoms with E-state index in [-0.39, 0.29) is 5.01 Å². The normalized spacial score (nSPS) is 20.6. The van der Waals surface area contributed by atoms with Gasteiger partial charge in [-0.25, -0.2) is 17.6 Å². The number of amides is 1. The van der Waals surface area contributed by atoms with Crippen LogP contribution in [0.1, 0.15) is 31.7 Å². The quantitative estimate of drug-likeness (QED) is 0.792. The molecule has 1 amide bonds. The molecule has 0 saturated heterocycles. The Balaban J connectivity index is 2.07. The summed E-state index contributed by atoms with van der Waals surface area (Å²) in [6.45, 7) is 3.27. The van der Waals surface area contributed by atoms with E-state index in [4.69, 9.17) is 4.74 Å². The van der Waals surface area contributed by atoms with Gasteiger partial charge in [-0.1, -0.05) is 26.0 Å². The molecule has 0 aromatic heterocycles. The Morgan fingerprint density at radius 2 is 1.88 bits per heavy atom. The molecule has 1 aliphatic rings. The number of carbonyl (C=O) groups is 1. The summed E-state index contributed by atoms with van der Waals surface area (Å²) < 4.78 is 56.6. The van der Waals surface area contributed by atoms with Crippen molar-refractivity contribution in [1.82, 2.24) is 5.01 Å². The predicted molar refractivity (Wildman–Crippen MR) is 81.9 cm³/mol. The fraction of sp³-hybridized carbons (Fsp3) is 0.500. The third kappa shape index (κ3) is 4.09. The molecule has 2 rings (SSSR count). The van der Waals surface area contributed by atoms with Crippen LogP contribution in [0.5, 0.6) is 5.75 Å². The van der Waals surface area contributed by atoms with E-state index in [2.05, 4.69) is 5.10 Å². The minimum atomic E-state index is -3.46. The number of ether oxygens (including phenoxy) is 1. The summed E-state index contributed by atoms with van der Waals surface area (Å²) in [5.41, 5.74) is -3.03. The highest BCUT2D eigenvalue weighted by atomic mass is 19.3. The Labute approximate surface area is 141 Å². The van der Waals surface area contributed by atoms with Gasteiger partial charge in [0.25, 0.3) is 18.8 Å². The van der Waals surface area contributed by atoms with Gasteiger partial charge < -0.3 is 9.84 Å². The van der Waals surface area contributed by atoms with E-state index in [1.807, 2.05) is 13.8 Å². The van der Waals surface area contributed by atoms with Crippen molar-refractivity contribution in [3.05, 3.63) is 29.8 Å². The Bertz CT molecular complexity index is 649. The maximum atomic E-state index is 13.1. The van der Waals surface area contributed by atoms with E-state index >= 15 is 0 Å². The molecule has 1 atom stereocenters. The van der Waals surface area contributed by atoms with Gasteiger partial charge >= 0.3 is 0 Å². The molecule has 0 aliphatic carbocycles. The molecular formula is C16H18F4N2O3. The molecule has 1 unspecified atom stereocenters. The summed E-state index contributed by atoms with van der Waals surface area (Å²) in [4.78, 5) is 12.0. The van der Waals surface area contributed by atoms with Crippen molar-refractivity contribution in [1.29, 1.82) is 0 Å². The first-order valence-corrected chi connectivity index (χ1v) is 7.57. The smallest absolute Gasteiger partial charge is 0.287 e. The number of halogens is 4. The van der Waals surface area contributed by atoms with Crippen LogP contribution in [0, 0.1) is 0 Å². The van der Waals surface area contributed by atoms with Crippen molar-refractivity contribution < 1.29 is 32.2 Å². The van der Waals surface area contributed by atoms with E-state index in [0.29, 0.717) is 11.7 Å². The maximum absolute atomic E-state index is 13.1. The third-order valence-corrected chi connectivity index (χ3v) is 3.78. The van der Waals surface area contributed by atoms with Gasteiger partial charge in [0.15, 0.2) is 6.61 Å². The number of alkyl halides is 4. The number of carbonyl (C=O) groups excluding carboxylic acids is 1. The lowest BCUT2D eigenvalue weighted by atomic mass is 10.0. The van der Waals surface area contributed by atoms with Crippen molar-refractivity contribution in [3.63, 3.8) is 0 Å². The predicted octanol–water partition coefficient (Wildman–Crippen LogP) is 3.00. The van der Waals surface area contributed by atoms with Crippen LogP contribution in [0.3, 0.4) is 0 Å². The topological polar surface area (TPSA) is 62.1 Å². The minimum absolute atomic E-state index is 0.0123. The highest BCUT2D eigenvalue weighted by Crippen LogP contribution is 2.33. The van der Waals surface area contributed by atoms with Crippen molar-refractivity contribution >= 4 is 11.6 Å². The third-order valence-electron chi connectivity index (χ3n) is 3.78. The number of hydrogen-bond acceptors (Lipinski definition) is 4. The molecule has 25 heavy (non-hydrogen) atoms. The van der Waals surface area contributed by atoms with E-state index in [9.17, 15) is 27.5 Å². The molecule has 1 aromatic carbocycles. The molecule has 0 bridgehead atoms. The molecule has 1 heterocycles. The molecule has 0 saturated carbocycles. The summed E-state index contributed by atoms with van der Waals surface area (Å²) in [5, 5.41) is 13.0. The lowest BCUT2D eigenvalue weighted by Gasteiger charge is -2.29. The molecule has 0 radical (unpaired) electrons. The molecule has 1 N–H and O–H groups in total. The highest BCUT2D eigenvalue weighted by molar-refractivity contribution is 5.93. The molecule has 0 spiro atoms. The van der Waals surface area contributed by atoms with Gasteiger partial charge in [-0.05, 0) is 23.6 Å². The second kappa shape index (κ2) is 7.38. The minimum Gasteiger partial charge on any atom is -0.484 e. The number of hydrazone groups is 1. The van der Waals surface area contributed by atoms with Gasteiger partial charge in [0, 0.05) is 6.42 Å². The fourth-order valence-corrected chi connectivity index (χ4v) is 2.31. The van der Waals surface area contributed by atoms with E-state index in [1.54, 1.807) is 24.3 Å². The van der Waals surface area contributed by atoms with E-state index in [1.165, 1.54) is 0 Å². The summed E-state index contributed by atoms with van der Waals surface area (Å²) in [7, 11) is 0. The fourth-order valence-electron chi connectivity index (χ4n) is 2.31. The number of nitrogens with zero attached hydrogens (tertiary/aromatic N) is 2. The molecule has 5 nitrogen and oxygen atoms in total. The zero-order valence-electron chi connectivity index (χ0n) is 13.6. The second-order valence-electron chi connectivity index (χ2n) is 5.97.